The molecule has 9 saturated carbocycles. The quantitative estimate of drug-likeness (QED) is 0.508. The van der Waals surface area contributed by atoms with Crippen LogP contribution in [0.3, 0.4) is 0 Å². The molecule has 0 saturated heterocycles. The smallest absolute Gasteiger partial charge is 0.0131 e. The fourth-order valence-corrected chi connectivity index (χ4v) is 13.0. The summed E-state index contributed by atoms with van der Waals surface area (Å²) in [4.78, 5) is 0. The van der Waals surface area contributed by atoms with Crippen molar-refractivity contribution >= 4 is 0 Å². The fourth-order valence-electron chi connectivity index (χ4n) is 13.0. The molecule has 0 aromatic rings. The lowest BCUT2D eigenvalue weighted by molar-refractivity contribution is -0.385. The first-order valence-electron chi connectivity index (χ1n) is 11.9. The molecular weight excluding hydrogens is 312 g/mol. The van der Waals surface area contributed by atoms with Gasteiger partial charge in [0.1, 0.15) is 0 Å². The zero-order chi connectivity index (χ0) is 17.3. The van der Waals surface area contributed by atoms with Crippen molar-refractivity contribution in [3.63, 3.8) is 0 Å². The first kappa shape index (κ1) is 14.5. The maximum Gasteiger partial charge on any atom is -0.0131 e. The highest BCUT2D eigenvalue weighted by Gasteiger charge is 2.89. The number of fused-ring (bicyclic) bond motifs is 17. The Morgan fingerprint density at radius 2 is 1.12 bits per heavy atom. The van der Waals surface area contributed by atoms with Gasteiger partial charge in [0.15, 0.2) is 0 Å². The van der Waals surface area contributed by atoms with Gasteiger partial charge in [-0.2, -0.15) is 0 Å². The Morgan fingerprint density at radius 1 is 0.654 bits per heavy atom. The van der Waals surface area contributed by atoms with E-state index in [2.05, 4.69) is 27.0 Å². The molecule has 9 aliphatic rings. The lowest BCUT2D eigenvalue weighted by Crippen LogP contribution is -2.82. The molecular formula is C26H34. The van der Waals surface area contributed by atoms with E-state index in [4.69, 9.17) is 0 Å². The third-order valence-electron chi connectivity index (χ3n) is 13.2. The maximum absolute atomic E-state index is 4.55. The second-order valence-electron chi connectivity index (χ2n) is 12.6. The summed E-state index contributed by atoms with van der Waals surface area (Å²) >= 11 is 0. The van der Waals surface area contributed by atoms with Gasteiger partial charge in [0, 0.05) is 0 Å². The molecule has 9 aliphatic carbocycles. The number of hydrogen-bond donors (Lipinski definition) is 0. The van der Waals surface area contributed by atoms with Gasteiger partial charge in [0.25, 0.3) is 0 Å². The van der Waals surface area contributed by atoms with Crippen molar-refractivity contribution in [2.24, 2.45) is 81.8 Å². The van der Waals surface area contributed by atoms with E-state index in [1.54, 1.807) is 25.7 Å². The Bertz CT molecular complexity index is 726. The Morgan fingerprint density at radius 3 is 1.58 bits per heavy atom. The highest BCUT2D eigenvalue weighted by Crippen LogP contribution is 2.94. The van der Waals surface area contributed by atoms with Gasteiger partial charge in [-0.25, -0.2) is 0 Å². The Labute approximate surface area is 158 Å². The summed E-state index contributed by atoms with van der Waals surface area (Å²) in [5, 5.41) is 0. The molecule has 0 heterocycles. The Hall–Kier alpha value is -0.520. The van der Waals surface area contributed by atoms with Crippen LogP contribution in [0.5, 0.6) is 0 Å². The van der Waals surface area contributed by atoms with Gasteiger partial charge in [-0.3, -0.25) is 0 Å². The molecule has 0 amide bonds. The van der Waals surface area contributed by atoms with Crippen LogP contribution in [0.4, 0.5) is 0 Å². The Kier molecular flexibility index (Phi) is 2.12. The monoisotopic (exact) mass is 346 g/mol. The summed E-state index contributed by atoms with van der Waals surface area (Å²) in [5.74, 6) is 12.5. The standard InChI is InChI=1S/C26H34/c1-11-12(2)16-8-7-15(11)19-17-10-18(20(16)19)24-23(17)25(3)21-13-5-6-14(9-13)22(21)26(24,25)4/h13-24H,1-2,5-10H2,3-4H3/t13-,14+,15-,16+,17-,18+,19+,20-,21+,22-,23-,24+,25+,26-. The van der Waals surface area contributed by atoms with Crippen molar-refractivity contribution in [3.8, 4) is 0 Å². The topological polar surface area (TPSA) is 0 Å². The zero-order valence-electron chi connectivity index (χ0n) is 16.6. The molecule has 138 valence electrons. The van der Waals surface area contributed by atoms with E-state index < -0.39 is 0 Å². The summed E-state index contributed by atoms with van der Waals surface area (Å²) in [7, 11) is 0. The van der Waals surface area contributed by atoms with Gasteiger partial charge in [-0.15, -0.1) is 0 Å². The summed E-state index contributed by atoms with van der Waals surface area (Å²) in [5.41, 5.74) is 4.43. The van der Waals surface area contributed by atoms with Crippen LogP contribution in [-0.2, 0) is 0 Å². The molecule has 14 atom stereocenters. The molecule has 0 aromatic heterocycles. The van der Waals surface area contributed by atoms with Crippen molar-refractivity contribution in [2.45, 2.75) is 52.4 Å². The summed E-state index contributed by atoms with van der Waals surface area (Å²) in [6.45, 7) is 14.7. The number of hydrogen-bond acceptors (Lipinski definition) is 0. The Balaban J connectivity index is 1.26. The lowest BCUT2D eigenvalue weighted by atomic mass is 9.19. The molecule has 6 bridgehead atoms. The van der Waals surface area contributed by atoms with Crippen molar-refractivity contribution in [2.75, 3.05) is 0 Å². The van der Waals surface area contributed by atoms with Gasteiger partial charge in [0.05, 0.1) is 0 Å². The van der Waals surface area contributed by atoms with Crippen LogP contribution in [0.15, 0.2) is 24.3 Å². The SMILES string of the molecule is C=C1C(=C)[C@@H]2CC[C@H]1[C@H]1[C@H]3C[C@@H]([C@H]12)[C@H]1[C@@H]3[C@]2(C)[C@H]3[C@@H]4CC[C@@H](C4)[C@H]3[C@]12C. The number of allylic oxidation sites excluding steroid dienone is 2. The third-order valence-corrected chi connectivity index (χ3v) is 13.2. The largest absolute Gasteiger partial charge is 0.0953 e. The predicted molar refractivity (Wildman–Crippen MR) is 104 cm³/mol. The number of rotatable bonds is 0. The minimum Gasteiger partial charge on any atom is -0.0953 e. The molecule has 0 aliphatic heterocycles. The van der Waals surface area contributed by atoms with Gasteiger partial charge in [-0.05, 0) is 132 Å². The van der Waals surface area contributed by atoms with Crippen LogP contribution in [0.1, 0.15) is 52.4 Å². The van der Waals surface area contributed by atoms with E-state index >= 15 is 0 Å². The van der Waals surface area contributed by atoms with Crippen LogP contribution < -0.4 is 0 Å². The van der Waals surface area contributed by atoms with Crippen LogP contribution >= 0.6 is 0 Å². The summed E-state index contributed by atoms with van der Waals surface area (Å²) in [6, 6.07) is 0. The molecule has 9 fully saturated rings. The summed E-state index contributed by atoms with van der Waals surface area (Å²) in [6.07, 6.45) is 9.25. The van der Waals surface area contributed by atoms with E-state index in [-0.39, 0.29) is 0 Å². The first-order chi connectivity index (χ1) is 12.5. The highest BCUT2D eigenvalue weighted by molar-refractivity contribution is 5.43. The van der Waals surface area contributed by atoms with E-state index in [9.17, 15) is 0 Å². The molecule has 0 nitrogen and oxygen atoms in total. The van der Waals surface area contributed by atoms with E-state index in [0.717, 1.165) is 81.8 Å². The van der Waals surface area contributed by atoms with E-state index in [1.807, 2.05) is 0 Å². The predicted octanol–water partition coefficient (Wildman–Crippen LogP) is 5.96. The minimum absolute atomic E-state index is 0.724. The molecule has 0 spiro atoms. The molecule has 0 N–H and O–H groups in total. The normalized spacial score (nSPS) is 73.3. The van der Waals surface area contributed by atoms with Crippen molar-refractivity contribution in [1.82, 2.24) is 0 Å². The van der Waals surface area contributed by atoms with Crippen LogP contribution in [0.25, 0.3) is 0 Å². The molecule has 26 heavy (non-hydrogen) atoms. The van der Waals surface area contributed by atoms with Gasteiger partial charge >= 0.3 is 0 Å². The maximum atomic E-state index is 4.55. The average molecular weight is 347 g/mol. The second kappa shape index (κ2) is 3.81. The van der Waals surface area contributed by atoms with Gasteiger partial charge in [-0.1, -0.05) is 27.0 Å². The first-order valence-corrected chi connectivity index (χ1v) is 11.9. The van der Waals surface area contributed by atoms with E-state index in [1.165, 1.54) is 24.0 Å². The van der Waals surface area contributed by atoms with E-state index in [0.29, 0.717) is 0 Å². The van der Waals surface area contributed by atoms with Gasteiger partial charge in [0.2, 0.25) is 0 Å². The molecule has 0 radical (unpaired) electrons. The van der Waals surface area contributed by atoms with Gasteiger partial charge < -0.3 is 0 Å². The minimum atomic E-state index is 0.724. The zero-order valence-corrected chi connectivity index (χ0v) is 16.6. The molecule has 0 heteroatoms. The molecule has 0 aromatic carbocycles. The molecule has 9 rings (SSSR count). The highest BCUT2D eigenvalue weighted by atomic mass is 14.9. The molecule has 0 unspecified atom stereocenters. The van der Waals surface area contributed by atoms with Crippen LogP contribution in [0, 0.1) is 81.8 Å². The fraction of sp³-hybridized carbons (Fsp3) is 0.846. The van der Waals surface area contributed by atoms with Crippen molar-refractivity contribution in [1.29, 1.82) is 0 Å². The van der Waals surface area contributed by atoms with Crippen LogP contribution in [0.2, 0.25) is 0 Å². The average Bonchev–Trinajstić information content (AvgIpc) is 3.40. The lowest BCUT2D eigenvalue weighted by Gasteiger charge is -2.85. The van der Waals surface area contributed by atoms with Crippen molar-refractivity contribution in [3.05, 3.63) is 24.3 Å². The summed E-state index contributed by atoms with van der Waals surface area (Å²) < 4.78 is 0. The van der Waals surface area contributed by atoms with Crippen molar-refractivity contribution < 1.29 is 0 Å². The second-order valence-corrected chi connectivity index (χ2v) is 12.6. The third kappa shape index (κ3) is 1.05. The van der Waals surface area contributed by atoms with Crippen LogP contribution in [-0.4, -0.2) is 0 Å².